The molecule has 1 aliphatic rings. The first-order chi connectivity index (χ1) is 13.4. The lowest BCUT2D eigenvalue weighted by Crippen LogP contribution is -2.26. The van der Waals surface area contributed by atoms with E-state index in [1.54, 1.807) is 10.8 Å². The van der Waals surface area contributed by atoms with Crippen LogP contribution in [0.25, 0.3) is 10.9 Å². The summed E-state index contributed by atoms with van der Waals surface area (Å²) in [5.41, 5.74) is 0.846. The van der Waals surface area contributed by atoms with Gasteiger partial charge in [0.25, 0.3) is 0 Å². The number of aliphatic hydroxyl groups excluding tert-OH is 1. The lowest BCUT2D eigenvalue weighted by atomic mass is 10.2. The summed E-state index contributed by atoms with van der Waals surface area (Å²) < 4.78 is 52.9. The highest BCUT2D eigenvalue weighted by Crippen LogP contribution is 2.66. The number of phosphoric acid groups is 3. The molecule has 16 heteroatoms. The first kappa shape index (κ1) is 22.8. The predicted molar refractivity (Wildman–Crippen MR) is 96.3 cm³/mol. The van der Waals surface area contributed by atoms with Crippen LogP contribution in [0.1, 0.15) is 12.6 Å². The Morgan fingerprint density at radius 3 is 2.41 bits per heavy atom. The van der Waals surface area contributed by atoms with Gasteiger partial charge in [-0.15, -0.1) is 0 Å². The van der Waals surface area contributed by atoms with Crippen molar-refractivity contribution in [3.63, 3.8) is 0 Å². The summed E-state index contributed by atoms with van der Waals surface area (Å²) in [6, 6.07) is 9.29. The molecule has 162 valence electrons. The van der Waals surface area contributed by atoms with E-state index in [2.05, 4.69) is 13.1 Å². The summed E-state index contributed by atoms with van der Waals surface area (Å²) in [6.07, 6.45) is -0.866. The normalized spacial score (nSPS) is 27.0. The molecule has 1 saturated heterocycles. The average Bonchev–Trinajstić information content (AvgIpc) is 3.13. The summed E-state index contributed by atoms with van der Waals surface area (Å²) in [5, 5.41) is 11.1. The second kappa shape index (κ2) is 8.32. The van der Waals surface area contributed by atoms with Gasteiger partial charge in [-0.1, -0.05) is 18.2 Å². The van der Waals surface area contributed by atoms with Crippen LogP contribution in [0.15, 0.2) is 36.5 Å². The van der Waals surface area contributed by atoms with Crippen molar-refractivity contribution in [2.75, 3.05) is 6.61 Å². The molecule has 0 saturated carbocycles. The smallest absolute Gasteiger partial charge is 0.390 e. The molecular weight excluding hydrogens is 455 g/mol. The molecule has 0 aliphatic carbocycles. The van der Waals surface area contributed by atoms with Gasteiger partial charge in [0.2, 0.25) is 0 Å². The van der Waals surface area contributed by atoms with Gasteiger partial charge in [-0.05, 0) is 17.5 Å². The molecule has 1 aromatic heterocycles. The van der Waals surface area contributed by atoms with Gasteiger partial charge in [0.15, 0.2) is 0 Å². The monoisotopic (exact) mass is 473 g/mol. The van der Waals surface area contributed by atoms with E-state index in [0.29, 0.717) is 0 Å². The maximum atomic E-state index is 11.8. The van der Waals surface area contributed by atoms with Crippen LogP contribution < -0.4 is 0 Å². The number of hydrogen-bond donors (Lipinski definition) is 5. The fourth-order valence-corrected chi connectivity index (χ4v) is 5.89. The molecule has 2 heterocycles. The molecular formula is C13H18NO12P3. The van der Waals surface area contributed by atoms with Crippen molar-refractivity contribution in [3.05, 3.63) is 36.5 Å². The number of fused-ring (bicyclic) bond motifs is 1. The first-order valence-corrected chi connectivity index (χ1v) is 12.5. The SMILES string of the molecule is O=P(O)(O)OP(=O)(O)OP(=O)(O)OC[C@H]1O[C@@H](n2ccc3ccccc32)C[C@@H]1O. The van der Waals surface area contributed by atoms with Gasteiger partial charge >= 0.3 is 23.5 Å². The highest BCUT2D eigenvalue weighted by Gasteiger charge is 2.42. The summed E-state index contributed by atoms with van der Waals surface area (Å²) >= 11 is 0. The van der Waals surface area contributed by atoms with Crippen molar-refractivity contribution in [1.82, 2.24) is 4.57 Å². The lowest BCUT2D eigenvalue weighted by Gasteiger charge is -2.19. The van der Waals surface area contributed by atoms with Crippen LogP contribution in [0.4, 0.5) is 0 Å². The summed E-state index contributed by atoms with van der Waals surface area (Å²) in [5.74, 6) is 0. The van der Waals surface area contributed by atoms with Gasteiger partial charge in [0, 0.05) is 12.6 Å². The fourth-order valence-electron chi connectivity index (χ4n) is 2.86. The predicted octanol–water partition coefficient (Wildman–Crippen LogP) is 1.63. The van der Waals surface area contributed by atoms with Crippen molar-refractivity contribution in [1.29, 1.82) is 0 Å². The van der Waals surface area contributed by atoms with E-state index < -0.39 is 48.5 Å². The second-order valence-corrected chi connectivity index (χ2v) is 10.5. The van der Waals surface area contributed by atoms with Gasteiger partial charge in [-0.2, -0.15) is 8.62 Å². The summed E-state index contributed by atoms with van der Waals surface area (Å²) in [6.45, 7) is -0.708. The van der Waals surface area contributed by atoms with Crippen LogP contribution in [0.3, 0.4) is 0 Å². The van der Waals surface area contributed by atoms with Crippen LogP contribution in [0, 0.1) is 0 Å². The molecule has 1 aromatic carbocycles. The molecule has 2 aromatic rings. The quantitative estimate of drug-likeness (QED) is 0.348. The molecule has 29 heavy (non-hydrogen) atoms. The maximum Gasteiger partial charge on any atom is 0.490 e. The van der Waals surface area contributed by atoms with E-state index in [1.807, 2.05) is 30.3 Å². The van der Waals surface area contributed by atoms with Gasteiger partial charge in [-0.25, -0.2) is 13.7 Å². The molecule has 0 spiro atoms. The van der Waals surface area contributed by atoms with Gasteiger partial charge < -0.3 is 34.0 Å². The van der Waals surface area contributed by atoms with Gasteiger partial charge in [0.05, 0.1) is 18.2 Å². The van der Waals surface area contributed by atoms with Crippen LogP contribution >= 0.6 is 23.5 Å². The molecule has 5 N–H and O–H groups in total. The maximum absolute atomic E-state index is 11.8. The van der Waals surface area contributed by atoms with Crippen molar-refractivity contribution in [2.24, 2.45) is 0 Å². The van der Waals surface area contributed by atoms with E-state index in [4.69, 9.17) is 19.4 Å². The number of aliphatic hydroxyl groups is 1. The number of hydrogen-bond acceptors (Lipinski definition) is 8. The second-order valence-electron chi connectivity index (χ2n) is 6.10. The average molecular weight is 473 g/mol. The Kier molecular flexibility index (Phi) is 6.53. The summed E-state index contributed by atoms with van der Waals surface area (Å²) in [7, 11) is -16.3. The Balaban J connectivity index is 1.61. The summed E-state index contributed by atoms with van der Waals surface area (Å²) in [4.78, 5) is 35.6. The van der Waals surface area contributed by atoms with Crippen molar-refractivity contribution in [2.45, 2.75) is 24.9 Å². The Morgan fingerprint density at radius 2 is 1.72 bits per heavy atom. The van der Waals surface area contributed by atoms with E-state index in [0.717, 1.165) is 10.9 Å². The largest absolute Gasteiger partial charge is 0.490 e. The van der Waals surface area contributed by atoms with E-state index in [-0.39, 0.29) is 6.42 Å². The van der Waals surface area contributed by atoms with E-state index in [1.165, 1.54) is 0 Å². The molecule has 5 atom stereocenters. The molecule has 0 amide bonds. The number of ether oxygens (including phenoxy) is 1. The zero-order valence-corrected chi connectivity index (χ0v) is 17.2. The standard InChI is InChI=1S/C13H18NO12P3/c15-11-7-13(14-6-5-9-3-1-2-4-10(9)14)24-12(11)8-23-28(19,20)26-29(21,22)25-27(16,17)18/h1-6,11-13,15H,7-8H2,(H,19,20)(H,21,22)(H2,16,17,18)/t11-,12+,13+/m0/s1. The van der Waals surface area contributed by atoms with Crippen LogP contribution in [-0.2, 0) is 31.6 Å². The zero-order chi connectivity index (χ0) is 21.4. The number of phosphoric ester groups is 1. The van der Waals surface area contributed by atoms with Gasteiger partial charge in [0.1, 0.15) is 12.3 Å². The van der Waals surface area contributed by atoms with E-state index >= 15 is 0 Å². The van der Waals surface area contributed by atoms with Crippen LogP contribution in [0.5, 0.6) is 0 Å². The van der Waals surface area contributed by atoms with Crippen LogP contribution in [0.2, 0.25) is 0 Å². The van der Waals surface area contributed by atoms with Crippen molar-refractivity contribution in [3.8, 4) is 0 Å². The molecule has 2 unspecified atom stereocenters. The van der Waals surface area contributed by atoms with Crippen LogP contribution in [-0.4, -0.2) is 48.1 Å². The van der Waals surface area contributed by atoms with Crippen molar-refractivity contribution < 1.29 is 56.3 Å². The van der Waals surface area contributed by atoms with Gasteiger partial charge in [-0.3, -0.25) is 4.52 Å². The molecule has 13 nitrogen and oxygen atoms in total. The topological polar surface area (TPSA) is 194 Å². The Labute approximate surface area is 163 Å². The third kappa shape index (κ3) is 6.05. The fraction of sp³-hybridized carbons (Fsp3) is 0.385. The Hall–Kier alpha value is -0.910. The minimum Gasteiger partial charge on any atom is -0.390 e. The minimum atomic E-state index is -5.60. The number of benzene rings is 1. The molecule has 0 bridgehead atoms. The molecule has 0 radical (unpaired) electrons. The molecule has 1 fully saturated rings. The van der Waals surface area contributed by atoms with E-state index in [9.17, 15) is 23.7 Å². The number of para-hydroxylation sites is 1. The van der Waals surface area contributed by atoms with Crippen molar-refractivity contribution >= 4 is 34.4 Å². The third-order valence-electron chi connectivity index (χ3n) is 3.96. The number of rotatable bonds is 8. The third-order valence-corrected chi connectivity index (χ3v) is 7.76. The highest BCUT2D eigenvalue weighted by molar-refractivity contribution is 7.66. The number of aromatic nitrogens is 1. The molecule has 3 rings (SSSR count). The highest BCUT2D eigenvalue weighted by atomic mass is 31.3. The zero-order valence-electron chi connectivity index (χ0n) is 14.5. The Morgan fingerprint density at radius 1 is 1.03 bits per heavy atom. The lowest BCUT2D eigenvalue weighted by molar-refractivity contribution is -0.0420. The minimum absolute atomic E-state index is 0.142. The number of nitrogens with zero attached hydrogens (tertiary/aromatic N) is 1. The Bertz CT molecular complexity index is 1020. The first-order valence-electron chi connectivity index (χ1n) is 8.03. The molecule has 1 aliphatic heterocycles.